The summed E-state index contributed by atoms with van der Waals surface area (Å²) >= 11 is 0. The number of carbonyl (C=O) groups is 1. The summed E-state index contributed by atoms with van der Waals surface area (Å²) in [5, 5.41) is 14.2. The number of hydrogen-bond donors (Lipinski definition) is 2. The molecule has 21 heavy (non-hydrogen) atoms. The molecule has 0 aromatic heterocycles. The molecule has 0 fully saturated rings. The van der Waals surface area contributed by atoms with Gasteiger partial charge in [-0.15, -0.1) is 0 Å². The van der Waals surface area contributed by atoms with Crippen LogP contribution in [0.15, 0.2) is 53.7 Å². The molecule has 5 nitrogen and oxygen atoms in total. The van der Waals surface area contributed by atoms with Crippen molar-refractivity contribution in [1.29, 1.82) is 0 Å². The van der Waals surface area contributed by atoms with Crippen LogP contribution in [0.3, 0.4) is 0 Å². The number of amides is 1. The standard InChI is InChI=1S/C16H16N2O3/c1-12-5-2-3-8-15(12)18-16(19)11-21-14-7-4-6-13(9-14)10-17-20/h2-10,20H,11H2,1H3,(H,18,19)/b17-10+. The van der Waals surface area contributed by atoms with Gasteiger partial charge in [-0.3, -0.25) is 4.79 Å². The molecule has 0 unspecified atom stereocenters. The highest BCUT2D eigenvalue weighted by Crippen LogP contribution is 2.14. The van der Waals surface area contributed by atoms with Crippen molar-refractivity contribution in [2.75, 3.05) is 11.9 Å². The third-order valence-corrected chi connectivity index (χ3v) is 2.85. The molecule has 0 aliphatic rings. The van der Waals surface area contributed by atoms with Gasteiger partial charge in [0.1, 0.15) is 5.75 Å². The Morgan fingerprint density at radius 2 is 2.10 bits per heavy atom. The third-order valence-electron chi connectivity index (χ3n) is 2.85. The number of ether oxygens (including phenoxy) is 1. The number of benzene rings is 2. The Hall–Kier alpha value is -2.82. The van der Waals surface area contributed by atoms with Crippen LogP contribution in [0.2, 0.25) is 0 Å². The number of anilines is 1. The van der Waals surface area contributed by atoms with Gasteiger partial charge in [0.25, 0.3) is 5.91 Å². The number of aryl methyl sites for hydroxylation is 1. The Bertz CT molecular complexity index is 653. The van der Waals surface area contributed by atoms with Gasteiger partial charge < -0.3 is 15.3 Å². The molecule has 0 heterocycles. The van der Waals surface area contributed by atoms with E-state index in [-0.39, 0.29) is 12.5 Å². The molecule has 5 heteroatoms. The molecule has 0 radical (unpaired) electrons. The van der Waals surface area contributed by atoms with Gasteiger partial charge >= 0.3 is 0 Å². The average Bonchev–Trinajstić information content (AvgIpc) is 2.48. The van der Waals surface area contributed by atoms with Gasteiger partial charge in [-0.2, -0.15) is 0 Å². The van der Waals surface area contributed by atoms with Crippen LogP contribution in [0.1, 0.15) is 11.1 Å². The summed E-state index contributed by atoms with van der Waals surface area (Å²) in [4.78, 5) is 11.8. The second-order valence-electron chi connectivity index (χ2n) is 4.47. The predicted molar refractivity (Wildman–Crippen MR) is 81.1 cm³/mol. The van der Waals surface area contributed by atoms with Crippen LogP contribution in [0, 0.1) is 6.92 Å². The molecule has 2 aromatic carbocycles. The molecular formula is C16H16N2O3. The number of nitrogens with zero attached hydrogens (tertiary/aromatic N) is 1. The highest BCUT2D eigenvalue weighted by molar-refractivity contribution is 5.92. The molecule has 0 saturated carbocycles. The monoisotopic (exact) mass is 284 g/mol. The van der Waals surface area contributed by atoms with Gasteiger partial charge in [-0.1, -0.05) is 35.5 Å². The Balaban J connectivity index is 1.92. The van der Waals surface area contributed by atoms with Crippen molar-refractivity contribution in [2.45, 2.75) is 6.92 Å². The van der Waals surface area contributed by atoms with E-state index in [1.807, 2.05) is 31.2 Å². The van der Waals surface area contributed by atoms with E-state index in [4.69, 9.17) is 9.94 Å². The lowest BCUT2D eigenvalue weighted by Crippen LogP contribution is -2.20. The van der Waals surface area contributed by atoms with Crippen molar-refractivity contribution in [1.82, 2.24) is 0 Å². The van der Waals surface area contributed by atoms with E-state index in [0.717, 1.165) is 11.3 Å². The number of carbonyl (C=O) groups excluding carboxylic acids is 1. The Labute approximate surface area is 122 Å². The summed E-state index contributed by atoms with van der Waals surface area (Å²) < 4.78 is 5.41. The van der Waals surface area contributed by atoms with E-state index in [0.29, 0.717) is 11.3 Å². The van der Waals surface area contributed by atoms with E-state index in [1.165, 1.54) is 6.21 Å². The van der Waals surface area contributed by atoms with Crippen molar-refractivity contribution in [3.8, 4) is 5.75 Å². The number of nitrogens with one attached hydrogen (secondary N) is 1. The second-order valence-corrected chi connectivity index (χ2v) is 4.47. The van der Waals surface area contributed by atoms with Gasteiger partial charge in [-0.05, 0) is 36.2 Å². The third kappa shape index (κ3) is 4.35. The molecule has 0 aliphatic heterocycles. The van der Waals surface area contributed by atoms with Gasteiger partial charge in [0.2, 0.25) is 0 Å². The van der Waals surface area contributed by atoms with E-state index in [9.17, 15) is 4.79 Å². The van der Waals surface area contributed by atoms with Gasteiger partial charge in [-0.25, -0.2) is 0 Å². The fraction of sp³-hybridized carbons (Fsp3) is 0.125. The van der Waals surface area contributed by atoms with Crippen molar-refractivity contribution in [3.05, 3.63) is 59.7 Å². The number of rotatable bonds is 5. The lowest BCUT2D eigenvalue weighted by molar-refractivity contribution is -0.118. The lowest BCUT2D eigenvalue weighted by atomic mass is 10.2. The average molecular weight is 284 g/mol. The first-order valence-electron chi connectivity index (χ1n) is 6.45. The largest absolute Gasteiger partial charge is 0.484 e. The van der Waals surface area contributed by atoms with Crippen LogP contribution in [0.25, 0.3) is 0 Å². The first kappa shape index (κ1) is 14.6. The van der Waals surface area contributed by atoms with Gasteiger partial charge in [0.15, 0.2) is 6.61 Å². The molecule has 0 saturated heterocycles. The van der Waals surface area contributed by atoms with E-state index < -0.39 is 0 Å². The minimum Gasteiger partial charge on any atom is -0.484 e. The van der Waals surface area contributed by atoms with Crippen molar-refractivity contribution in [2.24, 2.45) is 5.16 Å². The molecule has 2 N–H and O–H groups in total. The summed E-state index contributed by atoms with van der Waals surface area (Å²) in [6.07, 6.45) is 1.29. The first-order chi connectivity index (χ1) is 10.2. The number of oxime groups is 1. The van der Waals surface area contributed by atoms with Crippen molar-refractivity contribution >= 4 is 17.8 Å². The smallest absolute Gasteiger partial charge is 0.262 e. The van der Waals surface area contributed by atoms with Crippen molar-refractivity contribution < 1.29 is 14.7 Å². The minimum atomic E-state index is -0.231. The highest BCUT2D eigenvalue weighted by atomic mass is 16.5. The molecule has 0 aliphatic carbocycles. The minimum absolute atomic E-state index is 0.0892. The fourth-order valence-electron chi connectivity index (χ4n) is 1.80. The molecule has 0 atom stereocenters. The van der Waals surface area contributed by atoms with Crippen LogP contribution in [0.5, 0.6) is 5.75 Å². The summed E-state index contributed by atoms with van der Waals surface area (Å²) in [6.45, 7) is 1.84. The molecule has 0 bridgehead atoms. The quantitative estimate of drug-likeness (QED) is 0.504. The number of hydrogen-bond acceptors (Lipinski definition) is 4. The topological polar surface area (TPSA) is 70.9 Å². The van der Waals surface area contributed by atoms with E-state index >= 15 is 0 Å². The summed E-state index contributed by atoms with van der Waals surface area (Å²) in [7, 11) is 0. The predicted octanol–water partition coefficient (Wildman–Crippen LogP) is 2.82. The van der Waals surface area contributed by atoms with E-state index in [1.54, 1.807) is 24.3 Å². The van der Waals surface area contributed by atoms with Gasteiger partial charge in [0, 0.05) is 5.69 Å². The normalized spacial score (nSPS) is 10.5. The van der Waals surface area contributed by atoms with Gasteiger partial charge in [0.05, 0.1) is 6.21 Å². The molecule has 1 amide bonds. The van der Waals surface area contributed by atoms with Crippen LogP contribution in [-0.2, 0) is 4.79 Å². The van der Waals surface area contributed by atoms with E-state index in [2.05, 4.69) is 10.5 Å². The zero-order valence-electron chi connectivity index (χ0n) is 11.6. The van der Waals surface area contributed by atoms with Crippen LogP contribution in [-0.4, -0.2) is 23.9 Å². The van der Waals surface area contributed by atoms with Crippen LogP contribution < -0.4 is 10.1 Å². The maximum Gasteiger partial charge on any atom is 0.262 e. The molecule has 2 rings (SSSR count). The zero-order valence-corrected chi connectivity index (χ0v) is 11.6. The molecule has 2 aromatic rings. The van der Waals surface area contributed by atoms with Crippen LogP contribution in [0.4, 0.5) is 5.69 Å². The first-order valence-corrected chi connectivity index (χ1v) is 6.45. The molecule has 108 valence electrons. The summed E-state index contributed by atoms with van der Waals surface area (Å²) in [6, 6.07) is 14.5. The maximum absolute atomic E-state index is 11.8. The Kier molecular flexibility index (Phi) is 4.93. The SMILES string of the molecule is Cc1ccccc1NC(=O)COc1cccc(/C=N/O)c1. The number of para-hydroxylation sites is 1. The van der Waals surface area contributed by atoms with Crippen LogP contribution >= 0.6 is 0 Å². The maximum atomic E-state index is 11.8. The highest BCUT2D eigenvalue weighted by Gasteiger charge is 2.05. The summed E-state index contributed by atoms with van der Waals surface area (Å²) in [5.74, 6) is 0.304. The summed E-state index contributed by atoms with van der Waals surface area (Å²) in [5.41, 5.74) is 2.45. The zero-order chi connectivity index (χ0) is 15.1. The molecule has 0 spiro atoms. The Morgan fingerprint density at radius 3 is 2.86 bits per heavy atom. The second kappa shape index (κ2) is 7.09. The van der Waals surface area contributed by atoms with Crippen molar-refractivity contribution in [3.63, 3.8) is 0 Å². The fourth-order valence-corrected chi connectivity index (χ4v) is 1.80. The Morgan fingerprint density at radius 1 is 1.29 bits per heavy atom. The lowest BCUT2D eigenvalue weighted by Gasteiger charge is -2.09. The molecular weight excluding hydrogens is 268 g/mol.